The van der Waals surface area contributed by atoms with Gasteiger partial charge in [0, 0.05) is 19.4 Å². The summed E-state index contributed by atoms with van der Waals surface area (Å²) in [4.78, 5) is 49.6. The molecule has 2 amide bonds. The van der Waals surface area contributed by atoms with Crippen molar-refractivity contribution in [1.29, 1.82) is 0 Å². The maximum absolute atomic E-state index is 12.8. The molecule has 1 saturated heterocycles. The first-order valence-corrected chi connectivity index (χ1v) is 14.5. The van der Waals surface area contributed by atoms with Gasteiger partial charge in [0.1, 0.15) is 18.5 Å². The number of anilines is 1. The summed E-state index contributed by atoms with van der Waals surface area (Å²) in [7, 11) is 0. The number of aliphatic hydroxyl groups is 3. The number of carbonyl (C=O) groups excluding carboxylic acids is 2. The van der Waals surface area contributed by atoms with Crippen LogP contribution in [0.1, 0.15) is 66.5 Å². The first-order valence-electron chi connectivity index (χ1n) is 14.5. The molecule has 0 aromatic carbocycles. The van der Waals surface area contributed by atoms with E-state index < -0.39 is 73.2 Å². The number of carboxylic acids is 1. The molecule has 1 fully saturated rings. The van der Waals surface area contributed by atoms with Crippen LogP contribution in [0.15, 0.2) is 12.7 Å². The fourth-order valence-electron chi connectivity index (χ4n) is 4.50. The van der Waals surface area contributed by atoms with Gasteiger partial charge in [-0.2, -0.15) is 0 Å². The Bertz CT molecular complexity index is 1260. The summed E-state index contributed by atoms with van der Waals surface area (Å²) in [6, 6.07) is -2.56. The second-order valence-electron chi connectivity index (χ2n) is 10.7. The van der Waals surface area contributed by atoms with Crippen LogP contribution in [0.3, 0.4) is 0 Å². The topological polar surface area (TPSA) is 237 Å². The van der Waals surface area contributed by atoms with E-state index in [9.17, 15) is 34.8 Å². The predicted octanol–water partition coefficient (Wildman–Crippen LogP) is 0.681. The largest absolute Gasteiger partial charge is 0.480 e. The molecule has 1 aliphatic rings. The van der Waals surface area contributed by atoms with Crippen molar-refractivity contribution in [2.75, 3.05) is 11.9 Å². The molecule has 17 nitrogen and oxygen atoms in total. The molecule has 6 N–H and O–H groups in total. The number of ether oxygens (including phenoxy) is 4. The first-order chi connectivity index (χ1) is 20.8. The Morgan fingerprint density at radius 1 is 1.16 bits per heavy atom. The molecule has 1 aliphatic heterocycles. The monoisotopic (exact) mass is 626 g/mol. The number of aliphatic carboxylic acids is 1. The SMILES string of the molecule is CCCO[C@H]([C@H](C)O)n1cnc2c(NC(=O)N[C@H](C(=O)O)[C@@H](C)OC(=O)CC[C@@H](C)O[C@@H]3OC(C)[C@H](O)C[C@@H]3O)ncnc21. The molecule has 2 aromatic rings. The van der Waals surface area contributed by atoms with Crippen LogP contribution in [-0.2, 0) is 28.5 Å². The van der Waals surface area contributed by atoms with Crippen LogP contribution in [0.5, 0.6) is 0 Å². The third-order valence-electron chi connectivity index (χ3n) is 6.92. The lowest BCUT2D eigenvalue weighted by Gasteiger charge is -2.36. The van der Waals surface area contributed by atoms with E-state index in [4.69, 9.17) is 18.9 Å². The molecule has 0 saturated carbocycles. The molecule has 9 atom stereocenters. The Labute approximate surface area is 253 Å². The minimum absolute atomic E-state index is 0.0233. The Balaban J connectivity index is 1.56. The molecule has 2 aromatic heterocycles. The van der Waals surface area contributed by atoms with Crippen molar-refractivity contribution < 1.29 is 53.8 Å². The smallest absolute Gasteiger partial charge is 0.330 e. The average Bonchev–Trinajstić information content (AvgIpc) is 3.38. The van der Waals surface area contributed by atoms with Gasteiger partial charge >= 0.3 is 18.0 Å². The summed E-state index contributed by atoms with van der Waals surface area (Å²) in [6.07, 6.45) is -3.38. The molecule has 246 valence electrons. The summed E-state index contributed by atoms with van der Waals surface area (Å²) in [5, 5.41) is 44.5. The molecule has 3 rings (SSSR count). The second kappa shape index (κ2) is 16.0. The number of amides is 2. The second-order valence-corrected chi connectivity index (χ2v) is 10.7. The number of urea groups is 1. The highest BCUT2D eigenvalue weighted by atomic mass is 16.7. The van der Waals surface area contributed by atoms with Crippen molar-refractivity contribution in [3.63, 3.8) is 0 Å². The minimum atomic E-state index is -1.61. The number of esters is 1. The average molecular weight is 627 g/mol. The molecule has 0 bridgehead atoms. The number of imidazole rings is 1. The van der Waals surface area contributed by atoms with Gasteiger partial charge in [0.25, 0.3) is 0 Å². The zero-order chi connectivity index (χ0) is 32.6. The summed E-state index contributed by atoms with van der Waals surface area (Å²) in [5.41, 5.74) is 0.442. The van der Waals surface area contributed by atoms with Crippen LogP contribution < -0.4 is 10.6 Å². The van der Waals surface area contributed by atoms with Gasteiger partial charge in [-0.1, -0.05) is 6.92 Å². The van der Waals surface area contributed by atoms with Crippen LogP contribution >= 0.6 is 0 Å². The molecule has 1 unspecified atom stereocenters. The standard InChI is InChI=1S/C27H42N6O11/c1-6-9-41-24(14(3)34)33-12-30-21-22(28-11-29-23(21)33)32-27(40)31-20(25(38)39)16(5)43-19(37)8-7-13(2)42-26-18(36)10-17(35)15(4)44-26/h11-18,20,24,26,34-36H,6-10H2,1-5H3,(H,38,39)(H2,28,29,31,32,40)/t13-,14+,15?,16-,17-,18+,20+,24-,26-/m1/s1. The summed E-state index contributed by atoms with van der Waals surface area (Å²) >= 11 is 0. The number of carboxylic acid groups (broad SMARTS) is 1. The van der Waals surface area contributed by atoms with Crippen LogP contribution in [0.4, 0.5) is 10.6 Å². The number of hydrogen-bond acceptors (Lipinski definition) is 13. The number of aromatic nitrogens is 4. The van der Waals surface area contributed by atoms with E-state index in [0.717, 1.165) is 6.42 Å². The maximum atomic E-state index is 12.8. The molecule has 17 heteroatoms. The summed E-state index contributed by atoms with van der Waals surface area (Å²) < 4.78 is 23.6. The van der Waals surface area contributed by atoms with E-state index in [1.54, 1.807) is 20.8 Å². The van der Waals surface area contributed by atoms with Gasteiger partial charge in [-0.25, -0.2) is 24.5 Å². The molecule has 0 radical (unpaired) electrons. The Hall–Kier alpha value is -3.48. The van der Waals surface area contributed by atoms with Crippen molar-refractivity contribution in [2.45, 2.75) is 115 Å². The molecular weight excluding hydrogens is 584 g/mol. The van der Waals surface area contributed by atoms with Crippen LogP contribution in [-0.4, -0.2) is 113 Å². The lowest BCUT2D eigenvalue weighted by atomic mass is 10.0. The van der Waals surface area contributed by atoms with Crippen molar-refractivity contribution >= 4 is 35.0 Å². The van der Waals surface area contributed by atoms with Gasteiger partial charge in [0.2, 0.25) is 0 Å². The van der Waals surface area contributed by atoms with E-state index in [0.29, 0.717) is 6.61 Å². The molecule has 0 spiro atoms. The normalized spacial score (nSPS) is 23.7. The fraction of sp³-hybridized carbons (Fsp3) is 0.704. The molecule has 44 heavy (non-hydrogen) atoms. The van der Waals surface area contributed by atoms with Gasteiger partial charge in [0.05, 0.1) is 30.7 Å². The number of nitrogens with zero attached hydrogens (tertiary/aromatic N) is 4. The number of hydrogen-bond donors (Lipinski definition) is 6. The zero-order valence-electron chi connectivity index (χ0n) is 25.3. The maximum Gasteiger partial charge on any atom is 0.330 e. The van der Waals surface area contributed by atoms with Crippen LogP contribution in [0.2, 0.25) is 0 Å². The number of nitrogens with one attached hydrogen (secondary N) is 2. The highest BCUT2D eigenvalue weighted by molar-refractivity contribution is 5.97. The summed E-state index contributed by atoms with van der Waals surface area (Å²) in [5.74, 6) is -2.19. The number of rotatable bonds is 15. The van der Waals surface area contributed by atoms with Crippen molar-refractivity contribution in [2.24, 2.45) is 0 Å². The van der Waals surface area contributed by atoms with E-state index in [1.807, 2.05) is 6.92 Å². The van der Waals surface area contributed by atoms with E-state index >= 15 is 0 Å². The lowest BCUT2D eigenvalue weighted by molar-refractivity contribution is -0.273. The first kappa shape index (κ1) is 35.0. The van der Waals surface area contributed by atoms with Crippen LogP contribution in [0.25, 0.3) is 11.2 Å². The van der Waals surface area contributed by atoms with Gasteiger partial charge < -0.3 is 44.7 Å². The Kier molecular flexibility index (Phi) is 12.7. The van der Waals surface area contributed by atoms with E-state index in [1.165, 1.54) is 24.1 Å². The highest BCUT2D eigenvalue weighted by Gasteiger charge is 2.36. The predicted molar refractivity (Wildman–Crippen MR) is 152 cm³/mol. The van der Waals surface area contributed by atoms with Gasteiger partial charge in [-0.05, 0) is 40.5 Å². The number of carbonyl (C=O) groups is 3. The van der Waals surface area contributed by atoms with Crippen molar-refractivity contribution in [1.82, 2.24) is 24.8 Å². The van der Waals surface area contributed by atoms with Crippen molar-refractivity contribution in [3.05, 3.63) is 12.7 Å². The molecule has 3 heterocycles. The third-order valence-corrected chi connectivity index (χ3v) is 6.92. The van der Waals surface area contributed by atoms with E-state index in [-0.39, 0.29) is 36.2 Å². The van der Waals surface area contributed by atoms with Gasteiger partial charge in [-0.3, -0.25) is 14.7 Å². The highest BCUT2D eigenvalue weighted by Crippen LogP contribution is 2.24. The van der Waals surface area contributed by atoms with E-state index in [2.05, 4.69) is 25.6 Å². The van der Waals surface area contributed by atoms with Crippen molar-refractivity contribution in [3.8, 4) is 0 Å². The number of aliphatic hydroxyl groups excluding tert-OH is 3. The minimum Gasteiger partial charge on any atom is -0.480 e. The Morgan fingerprint density at radius 3 is 2.55 bits per heavy atom. The van der Waals surface area contributed by atoms with Gasteiger partial charge in [0.15, 0.2) is 35.5 Å². The lowest BCUT2D eigenvalue weighted by Crippen LogP contribution is -2.50. The van der Waals surface area contributed by atoms with Crippen LogP contribution in [0, 0.1) is 0 Å². The van der Waals surface area contributed by atoms with Gasteiger partial charge in [-0.15, -0.1) is 0 Å². The zero-order valence-corrected chi connectivity index (χ0v) is 25.3. The quantitative estimate of drug-likeness (QED) is 0.149. The molecular formula is C27H42N6O11. The third kappa shape index (κ3) is 9.26. The fourth-order valence-corrected chi connectivity index (χ4v) is 4.50. The summed E-state index contributed by atoms with van der Waals surface area (Å²) in [6.45, 7) is 8.51. The number of fused-ring (bicyclic) bond motifs is 1. The Morgan fingerprint density at radius 2 is 1.89 bits per heavy atom. The molecule has 0 aliphatic carbocycles.